The SMILES string of the molecule is CCNC(C)c1ccc(Br)cc1-n1ccnc1C#N. The lowest BCUT2D eigenvalue weighted by atomic mass is 10.1. The molecule has 1 heterocycles. The van der Waals surface area contributed by atoms with Gasteiger partial charge in [0.1, 0.15) is 6.07 Å². The molecule has 0 spiro atoms. The highest BCUT2D eigenvalue weighted by atomic mass is 79.9. The molecule has 4 nitrogen and oxygen atoms in total. The average Bonchev–Trinajstić information content (AvgIpc) is 2.86. The fraction of sp³-hybridized carbons (Fsp3) is 0.286. The molecule has 1 atom stereocenters. The molecule has 2 rings (SSSR count). The van der Waals surface area contributed by atoms with E-state index >= 15 is 0 Å². The van der Waals surface area contributed by atoms with Crippen molar-refractivity contribution in [1.29, 1.82) is 5.26 Å². The number of aromatic nitrogens is 2. The van der Waals surface area contributed by atoms with E-state index in [0.717, 1.165) is 22.3 Å². The summed E-state index contributed by atoms with van der Waals surface area (Å²) in [6, 6.07) is 8.40. The molecule has 1 aromatic carbocycles. The molecular weight excluding hydrogens is 304 g/mol. The van der Waals surface area contributed by atoms with Gasteiger partial charge in [0.15, 0.2) is 0 Å². The van der Waals surface area contributed by atoms with Crippen molar-refractivity contribution in [2.24, 2.45) is 0 Å². The van der Waals surface area contributed by atoms with Crippen LogP contribution >= 0.6 is 15.9 Å². The summed E-state index contributed by atoms with van der Waals surface area (Å²) in [4.78, 5) is 4.05. The topological polar surface area (TPSA) is 53.6 Å². The number of rotatable bonds is 4. The van der Waals surface area contributed by atoms with Crippen LogP contribution in [-0.4, -0.2) is 16.1 Å². The zero-order chi connectivity index (χ0) is 13.8. The summed E-state index contributed by atoms with van der Waals surface area (Å²) < 4.78 is 2.79. The van der Waals surface area contributed by atoms with E-state index in [4.69, 9.17) is 5.26 Å². The summed E-state index contributed by atoms with van der Waals surface area (Å²) in [5, 5.41) is 12.5. The number of nitriles is 1. The summed E-state index contributed by atoms with van der Waals surface area (Å²) in [6.07, 6.45) is 3.45. The molecule has 98 valence electrons. The van der Waals surface area contributed by atoms with Crippen molar-refractivity contribution in [1.82, 2.24) is 14.9 Å². The lowest BCUT2D eigenvalue weighted by Gasteiger charge is -2.18. The first-order valence-electron chi connectivity index (χ1n) is 6.14. The predicted octanol–water partition coefficient (Wildman–Crippen LogP) is 3.18. The fourth-order valence-electron chi connectivity index (χ4n) is 2.09. The molecule has 0 radical (unpaired) electrons. The molecule has 5 heteroatoms. The van der Waals surface area contributed by atoms with E-state index in [9.17, 15) is 0 Å². The summed E-state index contributed by atoms with van der Waals surface area (Å²) >= 11 is 3.48. The molecule has 0 saturated carbocycles. The van der Waals surface area contributed by atoms with Gasteiger partial charge in [-0.15, -0.1) is 0 Å². The second kappa shape index (κ2) is 6.00. The number of benzene rings is 1. The first kappa shape index (κ1) is 13.8. The Hall–Kier alpha value is -1.64. The van der Waals surface area contributed by atoms with Crippen LogP contribution in [0.3, 0.4) is 0 Å². The van der Waals surface area contributed by atoms with Gasteiger partial charge in [-0.25, -0.2) is 4.98 Å². The largest absolute Gasteiger partial charge is 0.310 e. The smallest absolute Gasteiger partial charge is 0.217 e. The quantitative estimate of drug-likeness (QED) is 0.942. The van der Waals surface area contributed by atoms with Gasteiger partial charge in [0.2, 0.25) is 5.82 Å². The fourth-order valence-corrected chi connectivity index (χ4v) is 2.44. The van der Waals surface area contributed by atoms with Gasteiger partial charge in [0, 0.05) is 22.9 Å². The Morgan fingerprint density at radius 2 is 2.32 bits per heavy atom. The predicted molar refractivity (Wildman–Crippen MR) is 78.1 cm³/mol. The maximum absolute atomic E-state index is 9.11. The number of halogens is 1. The van der Waals surface area contributed by atoms with Crippen LogP contribution in [0.25, 0.3) is 5.69 Å². The number of imidazole rings is 1. The van der Waals surface area contributed by atoms with Crippen LogP contribution in [0.15, 0.2) is 35.1 Å². The van der Waals surface area contributed by atoms with Crippen LogP contribution in [0.4, 0.5) is 0 Å². The Morgan fingerprint density at radius 1 is 1.53 bits per heavy atom. The highest BCUT2D eigenvalue weighted by Gasteiger charge is 2.14. The molecule has 0 saturated heterocycles. The molecule has 1 N–H and O–H groups in total. The van der Waals surface area contributed by atoms with Crippen molar-refractivity contribution in [3.63, 3.8) is 0 Å². The molecule has 19 heavy (non-hydrogen) atoms. The standard InChI is InChI=1S/C14H15BrN4/c1-3-17-10(2)12-5-4-11(15)8-13(12)19-7-6-18-14(19)9-16/h4-8,10,17H,3H2,1-2H3. The Bertz CT molecular complexity index is 612. The van der Waals surface area contributed by atoms with E-state index in [1.54, 1.807) is 6.20 Å². The lowest BCUT2D eigenvalue weighted by Crippen LogP contribution is -2.19. The van der Waals surface area contributed by atoms with Crippen molar-refractivity contribution in [2.45, 2.75) is 19.9 Å². The van der Waals surface area contributed by atoms with Gasteiger partial charge in [0.25, 0.3) is 0 Å². The highest BCUT2D eigenvalue weighted by Crippen LogP contribution is 2.26. The lowest BCUT2D eigenvalue weighted by molar-refractivity contribution is 0.595. The van der Waals surface area contributed by atoms with Gasteiger partial charge in [0.05, 0.1) is 5.69 Å². The third kappa shape index (κ3) is 2.86. The first-order valence-corrected chi connectivity index (χ1v) is 6.93. The Kier molecular flexibility index (Phi) is 4.35. The van der Waals surface area contributed by atoms with Crippen molar-refractivity contribution >= 4 is 15.9 Å². The van der Waals surface area contributed by atoms with E-state index in [0.29, 0.717) is 5.82 Å². The van der Waals surface area contributed by atoms with Crippen LogP contribution in [0.2, 0.25) is 0 Å². The van der Waals surface area contributed by atoms with Gasteiger partial charge in [-0.1, -0.05) is 28.9 Å². The van der Waals surface area contributed by atoms with Crippen LogP contribution in [0.1, 0.15) is 31.3 Å². The number of hydrogen-bond acceptors (Lipinski definition) is 3. The summed E-state index contributed by atoms with van der Waals surface area (Å²) in [7, 11) is 0. The van der Waals surface area contributed by atoms with Crippen LogP contribution in [-0.2, 0) is 0 Å². The van der Waals surface area contributed by atoms with Crippen molar-refractivity contribution < 1.29 is 0 Å². The minimum Gasteiger partial charge on any atom is -0.310 e. The van der Waals surface area contributed by atoms with Crippen LogP contribution in [0.5, 0.6) is 0 Å². The van der Waals surface area contributed by atoms with Crippen molar-refractivity contribution in [3.8, 4) is 11.8 Å². The molecule has 0 aliphatic carbocycles. The molecule has 0 bridgehead atoms. The average molecular weight is 319 g/mol. The molecule has 1 unspecified atom stereocenters. The summed E-state index contributed by atoms with van der Waals surface area (Å²) in [5.41, 5.74) is 2.11. The Balaban J connectivity index is 2.55. The van der Waals surface area contributed by atoms with Gasteiger partial charge < -0.3 is 5.32 Å². The third-order valence-electron chi connectivity index (χ3n) is 2.97. The van der Waals surface area contributed by atoms with Gasteiger partial charge in [-0.3, -0.25) is 4.57 Å². The zero-order valence-corrected chi connectivity index (χ0v) is 12.5. The highest BCUT2D eigenvalue weighted by molar-refractivity contribution is 9.10. The molecule has 0 amide bonds. The van der Waals surface area contributed by atoms with E-state index in [1.807, 2.05) is 22.9 Å². The first-order chi connectivity index (χ1) is 9.17. The molecule has 0 aliphatic heterocycles. The van der Waals surface area contributed by atoms with Gasteiger partial charge in [-0.05, 0) is 31.2 Å². The van der Waals surface area contributed by atoms with Crippen LogP contribution in [0, 0.1) is 11.3 Å². The second-order valence-corrected chi connectivity index (χ2v) is 5.13. The van der Waals surface area contributed by atoms with Gasteiger partial charge >= 0.3 is 0 Å². The number of nitrogens with zero attached hydrogens (tertiary/aromatic N) is 3. The van der Waals surface area contributed by atoms with Gasteiger partial charge in [-0.2, -0.15) is 5.26 Å². The monoisotopic (exact) mass is 318 g/mol. The number of nitrogens with one attached hydrogen (secondary N) is 1. The number of hydrogen-bond donors (Lipinski definition) is 1. The molecule has 2 aromatic rings. The second-order valence-electron chi connectivity index (χ2n) is 4.22. The van der Waals surface area contributed by atoms with Crippen molar-refractivity contribution in [3.05, 3.63) is 46.5 Å². The maximum atomic E-state index is 9.11. The normalized spacial score (nSPS) is 12.1. The van der Waals surface area contributed by atoms with Crippen molar-refractivity contribution in [2.75, 3.05) is 6.54 Å². The van der Waals surface area contributed by atoms with E-state index in [1.165, 1.54) is 0 Å². The molecular formula is C14H15BrN4. The minimum atomic E-state index is 0.210. The van der Waals surface area contributed by atoms with E-state index in [2.05, 4.69) is 52.2 Å². The molecule has 0 aliphatic rings. The van der Waals surface area contributed by atoms with E-state index in [-0.39, 0.29) is 6.04 Å². The maximum Gasteiger partial charge on any atom is 0.217 e. The van der Waals surface area contributed by atoms with E-state index < -0.39 is 0 Å². The Morgan fingerprint density at radius 3 is 3.00 bits per heavy atom. The zero-order valence-electron chi connectivity index (χ0n) is 10.9. The minimum absolute atomic E-state index is 0.210. The molecule has 1 aromatic heterocycles. The summed E-state index contributed by atoms with van der Waals surface area (Å²) in [5.74, 6) is 0.392. The Labute approximate surface area is 121 Å². The molecule has 0 fully saturated rings. The third-order valence-corrected chi connectivity index (χ3v) is 3.46. The van der Waals surface area contributed by atoms with Crippen LogP contribution < -0.4 is 5.32 Å². The summed E-state index contributed by atoms with van der Waals surface area (Å²) in [6.45, 7) is 5.08.